The number of hydrogen-bond acceptors (Lipinski definition) is 1. The lowest BCUT2D eigenvalue weighted by molar-refractivity contribution is 0.474. The van der Waals surface area contributed by atoms with E-state index in [9.17, 15) is 4.39 Å². The number of hydrogen-bond donors (Lipinski definition) is 1. The summed E-state index contributed by atoms with van der Waals surface area (Å²) in [4.78, 5) is 0. The Morgan fingerprint density at radius 2 is 1.85 bits per heavy atom. The summed E-state index contributed by atoms with van der Waals surface area (Å²) in [6.45, 7) is 3.99. The zero-order chi connectivity index (χ0) is 14.7. The van der Waals surface area contributed by atoms with Crippen molar-refractivity contribution in [2.24, 2.45) is 0 Å². The lowest BCUT2D eigenvalue weighted by atomic mass is 10.0. The molecule has 106 valence electrons. The fraction of sp³-hybridized carbons (Fsp3) is 0.250. The minimum atomic E-state index is -0.210. The van der Waals surface area contributed by atoms with E-state index in [-0.39, 0.29) is 17.9 Å². The maximum Gasteiger partial charge on any atom is 0.129 e. The van der Waals surface area contributed by atoms with Crippen LogP contribution >= 0.6 is 27.5 Å². The second-order valence-corrected chi connectivity index (χ2v) is 6.18. The molecule has 0 amide bonds. The van der Waals surface area contributed by atoms with E-state index < -0.39 is 0 Å². The summed E-state index contributed by atoms with van der Waals surface area (Å²) in [5.41, 5.74) is 1.74. The Bertz CT molecular complexity index is 603. The quantitative estimate of drug-likeness (QED) is 0.746. The highest BCUT2D eigenvalue weighted by Gasteiger charge is 2.14. The Balaban J connectivity index is 2.12. The van der Waals surface area contributed by atoms with Gasteiger partial charge in [0.15, 0.2) is 0 Å². The maximum atomic E-state index is 13.9. The van der Waals surface area contributed by atoms with Crippen molar-refractivity contribution >= 4 is 27.5 Å². The number of benzene rings is 2. The standard InChI is InChI=1S/C16H16BrClFN/c1-10(12-4-3-5-14(18)8-12)20-11(2)15-7-6-13(17)9-16(15)19/h3-11,20H,1-2H3/t10-,11?/m1/s1. The first kappa shape index (κ1) is 15.5. The first-order chi connectivity index (χ1) is 9.47. The van der Waals surface area contributed by atoms with Gasteiger partial charge in [-0.3, -0.25) is 0 Å². The molecule has 20 heavy (non-hydrogen) atoms. The van der Waals surface area contributed by atoms with Gasteiger partial charge in [0, 0.05) is 27.1 Å². The van der Waals surface area contributed by atoms with Crippen LogP contribution in [-0.4, -0.2) is 0 Å². The molecular weight excluding hydrogens is 341 g/mol. The van der Waals surface area contributed by atoms with Gasteiger partial charge in [-0.05, 0) is 43.7 Å². The molecule has 1 nitrogen and oxygen atoms in total. The molecule has 0 saturated heterocycles. The highest BCUT2D eigenvalue weighted by molar-refractivity contribution is 9.10. The molecule has 0 fully saturated rings. The molecule has 0 aliphatic rings. The van der Waals surface area contributed by atoms with Gasteiger partial charge in [0.1, 0.15) is 5.82 Å². The van der Waals surface area contributed by atoms with Crippen molar-refractivity contribution in [1.82, 2.24) is 5.32 Å². The van der Waals surface area contributed by atoms with Crippen molar-refractivity contribution in [3.63, 3.8) is 0 Å². The van der Waals surface area contributed by atoms with Gasteiger partial charge < -0.3 is 5.32 Å². The van der Waals surface area contributed by atoms with Crippen LogP contribution < -0.4 is 5.32 Å². The average Bonchev–Trinajstić information content (AvgIpc) is 2.38. The van der Waals surface area contributed by atoms with Crippen LogP contribution in [-0.2, 0) is 0 Å². The third-order valence-corrected chi connectivity index (χ3v) is 4.01. The molecule has 4 heteroatoms. The van der Waals surface area contributed by atoms with Crippen molar-refractivity contribution < 1.29 is 4.39 Å². The van der Waals surface area contributed by atoms with Crippen LogP contribution in [0.4, 0.5) is 4.39 Å². The lowest BCUT2D eigenvalue weighted by Gasteiger charge is -2.21. The summed E-state index contributed by atoms with van der Waals surface area (Å²) in [7, 11) is 0. The summed E-state index contributed by atoms with van der Waals surface area (Å²) < 4.78 is 14.7. The Labute approximate surface area is 132 Å². The fourth-order valence-electron chi connectivity index (χ4n) is 2.19. The number of nitrogens with one attached hydrogen (secondary N) is 1. The van der Waals surface area contributed by atoms with E-state index >= 15 is 0 Å². The van der Waals surface area contributed by atoms with Gasteiger partial charge in [-0.25, -0.2) is 4.39 Å². The third-order valence-electron chi connectivity index (χ3n) is 3.28. The van der Waals surface area contributed by atoms with Crippen LogP contribution in [0.3, 0.4) is 0 Å². The van der Waals surface area contributed by atoms with Crippen LogP contribution in [0.15, 0.2) is 46.9 Å². The second kappa shape index (κ2) is 6.70. The zero-order valence-corrected chi connectivity index (χ0v) is 13.7. The van der Waals surface area contributed by atoms with E-state index in [1.807, 2.05) is 44.2 Å². The first-order valence-electron chi connectivity index (χ1n) is 6.44. The summed E-state index contributed by atoms with van der Waals surface area (Å²) in [6.07, 6.45) is 0. The molecule has 2 rings (SSSR count). The largest absolute Gasteiger partial charge is 0.304 e. The molecule has 0 saturated carbocycles. The molecule has 0 bridgehead atoms. The molecule has 0 aromatic heterocycles. The fourth-order valence-corrected chi connectivity index (χ4v) is 2.72. The Morgan fingerprint density at radius 3 is 2.50 bits per heavy atom. The van der Waals surface area contributed by atoms with E-state index in [4.69, 9.17) is 11.6 Å². The zero-order valence-electron chi connectivity index (χ0n) is 11.3. The monoisotopic (exact) mass is 355 g/mol. The molecular formula is C16H16BrClFN. The van der Waals surface area contributed by atoms with E-state index in [1.54, 1.807) is 6.07 Å². The Hall–Kier alpha value is -0.900. The van der Waals surface area contributed by atoms with Gasteiger partial charge >= 0.3 is 0 Å². The lowest BCUT2D eigenvalue weighted by Crippen LogP contribution is -2.23. The van der Waals surface area contributed by atoms with E-state index in [2.05, 4.69) is 21.2 Å². The Kier molecular flexibility index (Phi) is 5.19. The number of halogens is 3. The first-order valence-corrected chi connectivity index (χ1v) is 7.61. The number of rotatable bonds is 4. The average molecular weight is 357 g/mol. The molecule has 2 aromatic rings. The minimum absolute atomic E-state index is 0.0860. The minimum Gasteiger partial charge on any atom is -0.304 e. The summed E-state index contributed by atoms with van der Waals surface area (Å²) >= 11 is 9.26. The van der Waals surface area contributed by atoms with Crippen LogP contribution in [0.5, 0.6) is 0 Å². The molecule has 2 atom stereocenters. The second-order valence-electron chi connectivity index (χ2n) is 4.83. The van der Waals surface area contributed by atoms with Gasteiger partial charge in [0.05, 0.1) is 0 Å². The van der Waals surface area contributed by atoms with Crippen LogP contribution in [0.25, 0.3) is 0 Å². The molecule has 0 spiro atoms. The van der Waals surface area contributed by atoms with E-state index in [1.165, 1.54) is 6.07 Å². The highest BCUT2D eigenvalue weighted by Crippen LogP contribution is 2.24. The topological polar surface area (TPSA) is 12.0 Å². The van der Waals surface area contributed by atoms with Crippen molar-refractivity contribution in [3.8, 4) is 0 Å². The molecule has 0 radical (unpaired) electrons. The molecule has 1 N–H and O–H groups in total. The SMILES string of the molecule is CC(N[C@H](C)c1cccc(Cl)c1)c1ccc(Br)cc1F. The third kappa shape index (κ3) is 3.81. The summed E-state index contributed by atoms with van der Waals surface area (Å²) in [5, 5.41) is 4.09. The van der Waals surface area contributed by atoms with E-state index in [0.29, 0.717) is 10.6 Å². The van der Waals surface area contributed by atoms with Crippen molar-refractivity contribution in [3.05, 3.63) is 68.9 Å². The maximum absolute atomic E-state index is 13.9. The molecule has 1 unspecified atom stereocenters. The summed E-state index contributed by atoms with van der Waals surface area (Å²) in [6, 6.07) is 12.8. The van der Waals surface area contributed by atoms with Gasteiger partial charge in [-0.2, -0.15) is 0 Å². The van der Waals surface area contributed by atoms with Crippen LogP contribution in [0, 0.1) is 5.82 Å². The van der Waals surface area contributed by atoms with Gasteiger partial charge in [-0.1, -0.05) is 45.7 Å². The van der Waals surface area contributed by atoms with E-state index in [0.717, 1.165) is 10.0 Å². The van der Waals surface area contributed by atoms with Crippen LogP contribution in [0.2, 0.25) is 5.02 Å². The van der Waals surface area contributed by atoms with Crippen molar-refractivity contribution in [2.75, 3.05) is 0 Å². The smallest absolute Gasteiger partial charge is 0.129 e. The van der Waals surface area contributed by atoms with Gasteiger partial charge in [-0.15, -0.1) is 0 Å². The normalized spacial score (nSPS) is 14.1. The molecule has 2 aromatic carbocycles. The summed E-state index contributed by atoms with van der Waals surface area (Å²) in [5.74, 6) is -0.210. The van der Waals surface area contributed by atoms with Crippen molar-refractivity contribution in [1.29, 1.82) is 0 Å². The van der Waals surface area contributed by atoms with Crippen LogP contribution in [0.1, 0.15) is 37.1 Å². The van der Waals surface area contributed by atoms with Gasteiger partial charge in [0.2, 0.25) is 0 Å². The molecule has 0 aliphatic heterocycles. The van der Waals surface area contributed by atoms with Gasteiger partial charge in [0.25, 0.3) is 0 Å². The molecule has 0 aliphatic carbocycles. The predicted molar refractivity (Wildman–Crippen MR) is 85.5 cm³/mol. The van der Waals surface area contributed by atoms with Crippen molar-refractivity contribution in [2.45, 2.75) is 25.9 Å². The predicted octanol–water partition coefficient (Wildman–Crippen LogP) is 5.65. The molecule has 0 heterocycles. The highest BCUT2D eigenvalue weighted by atomic mass is 79.9. The Morgan fingerprint density at radius 1 is 1.10 bits per heavy atom.